The number of benzene rings is 1. The number of nitrogens with one attached hydrogen (secondary N) is 1. The summed E-state index contributed by atoms with van der Waals surface area (Å²) < 4.78 is 18.3. The lowest BCUT2D eigenvalue weighted by Crippen LogP contribution is -2.01. The average molecular weight is 248 g/mol. The van der Waals surface area contributed by atoms with E-state index in [4.69, 9.17) is 10.5 Å². The lowest BCUT2D eigenvalue weighted by Gasteiger charge is -2.09. The summed E-state index contributed by atoms with van der Waals surface area (Å²) in [6, 6.07) is 4.11. The van der Waals surface area contributed by atoms with Crippen molar-refractivity contribution < 1.29 is 9.13 Å². The van der Waals surface area contributed by atoms with Gasteiger partial charge in [0.05, 0.1) is 19.0 Å². The SMILES string of the molecule is CNc1ncc(-c2cc(F)ccc2N)nc1OC. The minimum absolute atomic E-state index is 0.332. The van der Waals surface area contributed by atoms with E-state index < -0.39 is 0 Å². The Labute approximate surface area is 104 Å². The summed E-state index contributed by atoms with van der Waals surface area (Å²) >= 11 is 0. The Kier molecular flexibility index (Phi) is 3.27. The highest BCUT2D eigenvalue weighted by Gasteiger charge is 2.11. The van der Waals surface area contributed by atoms with Crippen LogP contribution in [0.15, 0.2) is 24.4 Å². The molecule has 2 aromatic rings. The van der Waals surface area contributed by atoms with Gasteiger partial charge in [-0.15, -0.1) is 0 Å². The molecule has 2 rings (SSSR count). The van der Waals surface area contributed by atoms with Gasteiger partial charge in [0, 0.05) is 18.3 Å². The summed E-state index contributed by atoms with van der Waals surface area (Å²) in [7, 11) is 3.20. The van der Waals surface area contributed by atoms with Gasteiger partial charge in [-0.1, -0.05) is 0 Å². The number of nitrogen functional groups attached to an aromatic ring is 1. The maximum absolute atomic E-state index is 13.2. The molecule has 1 heterocycles. The molecule has 0 spiro atoms. The number of methoxy groups -OCH3 is 1. The zero-order chi connectivity index (χ0) is 13.1. The first-order valence-corrected chi connectivity index (χ1v) is 5.30. The Morgan fingerprint density at radius 2 is 2.17 bits per heavy atom. The highest BCUT2D eigenvalue weighted by molar-refractivity contribution is 5.74. The van der Waals surface area contributed by atoms with Crippen molar-refractivity contribution in [2.24, 2.45) is 0 Å². The zero-order valence-corrected chi connectivity index (χ0v) is 10.1. The molecule has 6 heteroatoms. The van der Waals surface area contributed by atoms with E-state index in [0.717, 1.165) is 0 Å². The molecule has 0 aliphatic rings. The molecule has 5 nitrogen and oxygen atoms in total. The number of halogens is 1. The van der Waals surface area contributed by atoms with E-state index in [1.807, 2.05) is 0 Å². The van der Waals surface area contributed by atoms with Gasteiger partial charge in [0.25, 0.3) is 5.88 Å². The smallest absolute Gasteiger partial charge is 0.257 e. The Bertz CT molecular complexity index is 574. The predicted octanol–water partition coefficient (Wildman–Crippen LogP) is 1.92. The number of nitrogens with zero attached hydrogens (tertiary/aromatic N) is 2. The molecule has 0 aliphatic carbocycles. The summed E-state index contributed by atoms with van der Waals surface area (Å²) in [6.45, 7) is 0. The Hall–Kier alpha value is -2.37. The van der Waals surface area contributed by atoms with Crippen molar-refractivity contribution in [3.63, 3.8) is 0 Å². The molecule has 0 atom stereocenters. The third-order valence-electron chi connectivity index (χ3n) is 2.46. The van der Waals surface area contributed by atoms with E-state index in [1.54, 1.807) is 7.05 Å². The second-order valence-electron chi connectivity index (χ2n) is 3.59. The molecule has 0 amide bonds. The van der Waals surface area contributed by atoms with Gasteiger partial charge < -0.3 is 15.8 Å². The average Bonchev–Trinajstić information content (AvgIpc) is 2.40. The molecule has 0 bridgehead atoms. The summed E-state index contributed by atoms with van der Waals surface area (Å²) in [6.07, 6.45) is 1.51. The molecular weight excluding hydrogens is 235 g/mol. The molecule has 94 valence electrons. The van der Waals surface area contributed by atoms with Crippen molar-refractivity contribution in [3.8, 4) is 17.1 Å². The van der Waals surface area contributed by atoms with Crippen molar-refractivity contribution in [1.82, 2.24) is 9.97 Å². The van der Waals surface area contributed by atoms with Crippen LogP contribution in [0.2, 0.25) is 0 Å². The van der Waals surface area contributed by atoms with Gasteiger partial charge in [-0.2, -0.15) is 0 Å². The first-order valence-electron chi connectivity index (χ1n) is 5.30. The van der Waals surface area contributed by atoms with Crippen LogP contribution in [-0.2, 0) is 0 Å². The van der Waals surface area contributed by atoms with E-state index >= 15 is 0 Å². The van der Waals surface area contributed by atoms with Crippen LogP contribution in [0.1, 0.15) is 0 Å². The lowest BCUT2D eigenvalue weighted by atomic mass is 10.1. The maximum atomic E-state index is 13.2. The quantitative estimate of drug-likeness (QED) is 0.812. The Balaban J connectivity index is 2.54. The fourth-order valence-electron chi connectivity index (χ4n) is 1.57. The van der Waals surface area contributed by atoms with Gasteiger partial charge in [0.15, 0.2) is 5.82 Å². The Morgan fingerprint density at radius 1 is 1.39 bits per heavy atom. The third-order valence-corrected chi connectivity index (χ3v) is 2.46. The topological polar surface area (TPSA) is 73.1 Å². The minimum atomic E-state index is -0.377. The summed E-state index contributed by atoms with van der Waals surface area (Å²) in [4.78, 5) is 8.38. The van der Waals surface area contributed by atoms with Gasteiger partial charge >= 0.3 is 0 Å². The first kappa shape index (κ1) is 12.1. The van der Waals surface area contributed by atoms with E-state index in [0.29, 0.717) is 28.6 Å². The van der Waals surface area contributed by atoms with Crippen LogP contribution in [0, 0.1) is 5.82 Å². The van der Waals surface area contributed by atoms with Crippen LogP contribution < -0.4 is 15.8 Å². The third kappa shape index (κ3) is 2.17. The number of rotatable bonds is 3. The molecule has 18 heavy (non-hydrogen) atoms. The molecule has 1 aromatic heterocycles. The minimum Gasteiger partial charge on any atom is -0.478 e. The highest BCUT2D eigenvalue weighted by Crippen LogP contribution is 2.28. The van der Waals surface area contributed by atoms with Crippen molar-refractivity contribution >= 4 is 11.5 Å². The number of hydrogen-bond donors (Lipinski definition) is 2. The zero-order valence-electron chi connectivity index (χ0n) is 10.1. The molecular formula is C12H13FN4O. The van der Waals surface area contributed by atoms with Gasteiger partial charge in [0.2, 0.25) is 0 Å². The van der Waals surface area contributed by atoms with Gasteiger partial charge in [0.1, 0.15) is 5.82 Å². The van der Waals surface area contributed by atoms with Crippen molar-refractivity contribution in [3.05, 3.63) is 30.2 Å². The molecule has 0 saturated carbocycles. The Morgan fingerprint density at radius 3 is 2.83 bits per heavy atom. The number of aromatic nitrogens is 2. The standard InChI is InChI=1S/C12H13FN4O/c1-15-11-12(18-2)17-10(6-16-11)8-5-7(13)3-4-9(8)14/h3-6H,14H2,1-2H3,(H,15,16). The largest absolute Gasteiger partial charge is 0.478 e. The van der Waals surface area contributed by atoms with Crippen LogP contribution in [0.5, 0.6) is 5.88 Å². The number of hydrogen-bond acceptors (Lipinski definition) is 5. The van der Waals surface area contributed by atoms with Crippen LogP contribution >= 0.6 is 0 Å². The molecule has 0 radical (unpaired) electrons. The van der Waals surface area contributed by atoms with Gasteiger partial charge in [-0.05, 0) is 18.2 Å². The van der Waals surface area contributed by atoms with Crippen LogP contribution in [0.3, 0.4) is 0 Å². The van der Waals surface area contributed by atoms with Crippen LogP contribution in [0.25, 0.3) is 11.3 Å². The summed E-state index contributed by atoms with van der Waals surface area (Å²) in [5, 5.41) is 2.85. The van der Waals surface area contributed by atoms with E-state index in [-0.39, 0.29) is 5.82 Å². The second kappa shape index (κ2) is 4.87. The fourth-order valence-corrected chi connectivity index (χ4v) is 1.57. The molecule has 0 unspecified atom stereocenters. The van der Waals surface area contributed by atoms with E-state index in [2.05, 4.69) is 15.3 Å². The van der Waals surface area contributed by atoms with Gasteiger partial charge in [-0.25, -0.2) is 14.4 Å². The number of ether oxygens (including phenoxy) is 1. The van der Waals surface area contributed by atoms with Crippen LogP contribution in [0.4, 0.5) is 15.9 Å². The lowest BCUT2D eigenvalue weighted by molar-refractivity contribution is 0.398. The van der Waals surface area contributed by atoms with Gasteiger partial charge in [-0.3, -0.25) is 0 Å². The first-order chi connectivity index (χ1) is 8.65. The molecule has 0 saturated heterocycles. The van der Waals surface area contributed by atoms with Crippen LogP contribution in [-0.4, -0.2) is 24.1 Å². The number of anilines is 2. The highest BCUT2D eigenvalue weighted by atomic mass is 19.1. The monoisotopic (exact) mass is 248 g/mol. The summed E-state index contributed by atoms with van der Waals surface area (Å²) in [5.74, 6) is 0.465. The molecule has 0 aliphatic heterocycles. The molecule has 1 aromatic carbocycles. The van der Waals surface area contributed by atoms with E-state index in [9.17, 15) is 4.39 Å². The number of nitrogens with two attached hydrogens (primary N) is 1. The van der Waals surface area contributed by atoms with Crippen molar-refractivity contribution in [2.45, 2.75) is 0 Å². The van der Waals surface area contributed by atoms with E-state index in [1.165, 1.54) is 31.5 Å². The normalized spacial score (nSPS) is 10.2. The fraction of sp³-hybridized carbons (Fsp3) is 0.167. The second-order valence-corrected chi connectivity index (χ2v) is 3.59. The predicted molar refractivity (Wildman–Crippen MR) is 67.9 cm³/mol. The maximum Gasteiger partial charge on any atom is 0.257 e. The summed E-state index contributed by atoms with van der Waals surface area (Å²) in [5.41, 5.74) is 7.18. The molecule has 0 fully saturated rings. The van der Waals surface area contributed by atoms with Crippen molar-refractivity contribution in [2.75, 3.05) is 25.2 Å². The molecule has 3 N–H and O–H groups in total. The van der Waals surface area contributed by atoms with Crippen molar-refractivity contribution in [1.29, 1.82) is 0 Å².